The number of aryl methyl sites for hydroxylation is 2. The minimum Gasteiger partial charge on any atom is -0.309 e. The second kappa shape index (κ2) is 5.98. The number of hydrogen-bond donors (Lipinski definition) is 1. The molecule has 92 valence electrons. The highest BCUT2D eigenvalue weighted by Gasteiger charge is 2.06. The van der Waals surface area contributed by atoms with Gasteiger partial charge in [-0.1, -0.05) is 0 Å². The van der Waals surface area contributed by atoms with E-state index < -0.39 is 0 Å². The number of aromatic nitrogens is 2. The molecule has 3 nitrogen and oxygen atoms in total. The van der Waals surface area contributed by atoms with Crippen LogP contribution in [0.25, 0.3) is 0 Å². The zero-order valence-electron chi connectivity index (χ0n) is 10.4. The number of nitrogens with zero attached hydrogens (tertiary/aromatic N) is 2. The molecule has 1 unspecified atom stereocenters. The highest BCUT2D eigenvalue weighted by Crippen LogP contribution is 2.21. The maximum atomic E-state index is 4.19. The van der Waals surface area contributed by atoms with Crippen LogP contribution in [0.3, 0.4) is 0 Å². The molecular formula is C13H19N3S. The summed E-state index contributed by atoms with van der Waals surface area (Å²) in [5, 5.41) is 7.73. The summed E-state index contributed by atoms with van der Waals surface area (Å²) in [4.78, 5) is 2.80. The lowest BCUT2D eigenvalue weighted by Gasteiger charge is -2.11. The van der Waals surface area contributed by atoms with Crippen LogP contribution in [0.2, 0.25) is 0 Å². The van der Waals surface area contributed by atoms with E-state index in [1.807, 2.05) is 34.5 Å². The Morgan fingerprint density at radius 1 is 1.47 bits per heavy atom. The van der Waals surface area contributed by atoms with Crippen molar-refractivity contribution >= 4 is 11.3 Å². The van der Waals surface area contributed by atoms with E-state index in [0.717, 1.165) is 19.5 Å². The summed E-state index contributed by atoms with van der Waals surface area (Å²) in [5.74, 6) is 0. The average molecular weight is 249 g/mol. The third-order valence-corrected chi connectivity index (χ3v) is 3.95. The van der Waals surface area contributed by atoms with Crippen LogP contribution in [0.4, 0.5) is 0 Å². The maximum absolute atomic E-state index is 4.19. The number of nitrogens with one attached hydrogen (secondary N) is 1. The summed E-state index contributed by atoms with van der Waals surface area (Å²) < 4.78 is 1.97. The molecule has 1 N–H and O–H groups in total. The summed E-state index contributed by atoms with van der Waals surface area (Å²) in [6.07, 6.45) is 4.94. The summed E-state index contributed by atoms with van der Waals surface area (Å²) in [5.41, 5.74) is 0. The Balaban J connectivity index is 1.68. The second-order valence-corrected chi connectivity index (χ2v) is 5.57. The van der Waals surface area contributed by atoms with Crippen molar-refractivity contribution in [2.45, 2.75) is 32.9 Å². The Kier molecular flexibility index (Phi) is 4.34. The number of thiophene rings is 1. The predicted molar refractivity (Wildman–Crippen MR) is 72.3 cm³/mol. The topological polar surface area (TPSA) is 29.9 Å². The highest BCUT2D eigenvalue weighted by molar-refractivity contribution is 7.12. The van der Waals surface area contributed by atoms with E-state index in [1.54, 1.807) is 0 Å². The molecule has 4 heteroatoms. The highest BCUT2D eigenvalue weighted by atomic mass is 32.1. The van der Waals surface area contributed by atoms with Gasteiger partial charge in [0.1, 0.15) is 0 Å². The molecule has 2 rings (SSSR count). The lowest BCUT2D eigenvalue weighted by atomic mass is 10.2. The summed E-state index contributed by atoms with van der Waals surface area (Å²) in [6.45, 7) is 6.38. The van der Waals surface area contributed by atoms with Crippen molar-refractivity contribution in [3.05, 3.63) is 40.3 Å². The van der Waals surface area contributed by atoms with Crippen LogP contribution in [-0.2, 0) is 6.54 Å². The molecule has 0 saturated carbocycles. The van der Waals surface area contributed by atoms with E-state index >= 15 is 0 Å². The molecule has 0 saturated heterocycles. The molecule has 0 aromatic carbocycles. The predicted octanol–water partition coefficient (Wildman–Crippen LogP) is 2.99. The summed E-state index contributed by atoms with van der Waals surface area (Å²) in [6, 6.07) is 6.81. The molecular weight excluding hydrogens is 230 g/mol. The summed E-state index contributed by atoms with van der Waals surface area (Å²) in [7, 11) is 0. The summed E-state index contributed by atoms with van der Waals surface area (Å²) >= 11 is 1.87. The fourth-order valence-corrected chi connectivity index (χ4v) is 2.68. The first-order valence-corrected chi connectivity index (χ1v) is 6.84. The Hall–Kier alpha value is -1.13. The largest absolute Gasteiger partial charge is 0.309 e. The van der Waals surface area contributed by atoms with E-state index in [2.05, 4.69) is 36.4 Å². The van der Waals surface area contributed by atoms with Gasteiger partial charge in [-0.25, -0.2) is 0 Å². The first-order valence-electron chi connectivity index (χ1n) is 6.03. The van der Waals surface area contributed by atoms with Crippen molar-refractivity contribution in [3.8, 4) is 0 Å². The number of rotatable bonds is 6. The molecule has 0 radical (unpaired) electrons. The monoisotopic (exact) mass is 249 g/mol. The SMILES string of the molecule is Cc1ccc(C(C)NCCCn2cccn2)s1. The quantitative estimate of drug-likeness (QED) is 0.798. The molecule has 0 aliphatic rings. The normalized spacial score (nSPS) is 12.8. The van der Waals surface area contributed by atoms with Gasteiger partial charge in [0.2, 0.25) is 0 Å². The van der Waals surface area contributed by atoms with Crippen molar-refractivity contribution in [2.24, 2.45) is 0 Å². The van der Waals surface area contributed by atoms with Crippen LogP contribution in [0.1, 0.15) is 29.1 Å². The maximum Gasteiger partial charge on any atom is 0.0489 e. The zero-order valence-corrected chi connectivity index (χ0v) is 11.2. The smallest absolute Gasteiger partial charge is 0.0489 e. The van der Waals surface area contributed by atoms with E-state index in [4.69, 9.17) is 0 Å². The van der Waals surface area contributed by atoms with Gasteiger partial charge in [0.05, 0.1) is 0 Å². The van der Waals surface area contributed by atoms with Gasteiger partial charge in [0.15, 0.2) is 0 Å². The molecule has 0 aliphatic carbocycles. The van der Waals surface area contributed by atoms with E-state index in [9.17, 15) is 0 Å². The van der Waals surface area contributed by atoms with Crippen LogP contribution in [0.15, 0.2) is 30.6 Å². The zero-order chi connectivity index (χ0) is 12.1. The van der Waals surface area contributed by atoms with Crippen molar-refractivity contribution in [1.29, 1.82) is 0 Å². The molecule has 2 aromatic heterocycles. The standard InChI is InChI=1S/C13H19N3S/c1-11-5-6-13(17-11)12(2)14-7-3-9-16-10-4-8-15-16/h4-6,8,10,12,14H,3,7,9H2,1-2H3. The van der Waals surface area contributed by atoms with Gasteiger partial charge in [0, 0.05) is 34.7 Å². The minimum atomic E-state index is 0.450. The van der Waals surface area contributed by atoms with Gasteiger partial charge < -0.3 is 5.32 Å². The molecule has 17 heavy (non-hydrogen) atoms. The fourth-order valence-electron chi connectivity index (χ4n) is 1.78. The molecule has 0 spiro atoms. The number of hydrogen-bond acceptors (Lipinski definition) is 3. The van der Waals surface area contributed by atoms with E-state index in [0.29, 0.717) is 6.04 Å². The lowest BCUT2D eigenvalue weighted by Crippen LogP contribution is -2.20. The first-order chi connectivity index (χ1) is 8.25. The first kappa shape index (κ1) is 12.3. The van der Waals surface area contributed by atoms with Crippen molar-refractivity contribution in [3.63, 3.8) is 0 Å². The lowest BCUT2D eigenvalue weighted by molar-refractivity contribution is 0.510. The fraction of sp³-hybridized carbons (Fsp3) is 0.462. The molecule has 0 amide bonds. The van der Waals surface area contributed by atoms with Gasteiger partial charge in [-0.15, -0.1) is 11.3 Å². The van der Waals surface area contributed by atoms with Crippen molar-refractivity contribution < 1.29 is 0 Å². The van der Waals surface area contributed by atoms with E-state index in [1.165, 1.54) is 9.75 Å². The van der Waals surface area contributed by atoms with Crippen LogP contribution < -0.4 is 5.32 Å². The van der Waals surface area contributed by atoms with Crippen LogP contribution >= 0.6 is 11.3 Å². The molecule has 1 atom stereocenters. The van der Waals surface area contributed by atoms with Crippen molar-refractivity contribution in [1.82, 2.24) is 15.1 Å². The van der Waals surface area contributed by atoms with Gasteiger partial charge in [0.25, 0.3) is 0 Å². The average Bonchev–Trinajstić information content (AvgIpc) is 2.95. The third-order valence-electron chi connectivity index (χ3n) is 2.76. The Labute approximate surface area is 106 Å². The molecule has 2 heterocycles. The van der Waals surface area contributed by atoms with E-state index in [-0.39, 0.29) is 0 Å². The Morgan fingerprint density at radius 3 is 3.00 bits per heavy atom. The van der Waals surface area contributed by atoms with Crippen LogP contribution in [-0.4, -0.2) is 16.3 Å². The van der Waals surface area contributed by atoms with Gasteiger partial charge >= 0.3 is 0 Å². The third kappa shape index (κ3) is 3.68. The van der Waals surface area contributed by atoms with Gasteiger partial charge in [-0.2, -0.15) is 5.10 Å². The van der Waals surface area contributed by atoms with Gasteiger partial charge in [-0.05, 0) is 45.0 Å². The minimum absolute atomic E-state index is 0.450. The second-order valence-electron chi connectivity index (χ2n) is 4.25. The Bertz CT molecular complexity index is 433. The van der Waals surface area contributed by atoms with Gasteiger partial charge in [-0.3, -0.25) is 4.68 Å². The molecule has 0 fully saturated rings. The van der Waals surface area contributed by atoms with Crippen LogP contribution in [0.5, 0.6) is 0 Å². The van der Waals surface area contributed by atoms with Crippen LogP contribution in [0, 0.1) is 6.92 Å². The Morgan fingerprint density at radius 2 is 2.35 bits per heavy atom. The van der Waals surface area contributed by atoms with Crippen molar-refractivity contribution in [2.75, 3.05) is 6.54 Å². The molecule has 2 aromatic rings. The molecule has 0 aliphatic heterocycles. The molecule has 0 bridgehead atoms.